The highest BCUT2D eigenvalue weighted by Gasteiger charge is 2.60. The van der Waals surface area contributed by atoms with E-state index >= 15 is 0 Å². The van der Waals surface area contributed by atoms with Crippen LogP contribution in [0.4, 0.5) is 5.95 Å². The van der Waals surface area contributed by atoms with Crippen LogP contribution >= 0.6 is 7.75 Å². The lowest BCUT2D eigenvalue weighted by atomic mass is 9.93. The van der Waals surface area contributed by atoms with E-state index in [9.17, 15) is 10.1 Å². The third-order valence-corrected chi connectivity index (χ3v) is 7.08. The number of hydrogen-bond acceptors (Lipinski definition) is 10. The summed E-state index contributed by atoms with van der Waals surface area (Å²) >= 11 is 0. The van der Waals surface area contributed by atoms with E-state index in [1.807, 2.05) is 0 Å². The zero-order valence-electron chi connectivity index (χ0n) is 16.2. The van der Waals surface area contributed by atoms with Gasteiger partial charge in [0.25, 0.3) is 0 Å². The number of imidazole rings is 1. The first-order valence-electron chi connectivity index (χ1n) is 9.33. The zero-order chi connectivity index (χ0) is 21.1. The summed E-state index contributed by atoms with van der Waals surface area (Å²) in [4.78, 5) is 15.5. The molecule has 160 valence electrons. The molecule has 5 atom stereocenters. The van der Waals surface area contributed by atoms with Gasteiger partial charge in [0, 0.05) is 11.0 Å². The lowest BCUT2D eigenvalue weighted by Gasteiger charge is -2.36. The molecule has 0 aromatic carbocycles. The van der Waals surface area contributed by atoms with E-state index in [1.54, 1.807) is 11.5 Å². The lowest BCUT2D eigenvalue weighted by molar-refractivity contribution is -0.0586. The van der Waals surface area contributed by atoms with Gasteiger partial charge in [-0.1, -0.05) is 5.11 Å². The van der Waals surface area contributed by atoms with Crippen LogP contribution in [-0.4, -0.2) is 57.0 Å². The van der Waals surface area contributed by atoms with E-state index in [0.29, 0.717) is 11.2 Å². The minimum atomic E-state index is -3.56. The van der Waals surface area contributed by atoms with E-state index in [0.717, 1.165) is 12.8 Å². The first-order valence-corrected chi connectivity index (χ1v) is 10.9. The summed E-state index contributed by atoms with van der Waals surface area (Å²) in [5.74, 6) is 0.189. The number of ether oxygens (including phenoxy) is 2. The van der Waals surface area contributed by atoms with Gasteiger partial charge in [-0.15, -0.1) is 0 Å². The highest BCUT2D eigenvalue weighted by atomic mass is 31.2. The van der Waals surface area contributed by atoms with Gasteiger partial charge < -0.3 is 15.2 Å². The Kier molecular flexibility index (Phi) is 4.40. The van der Waals surface area contributed by atoms with Crippen LogP contribution in [0.5, 0.6) is 5.88 Å². The second kappa shape index (κ2) is 6.77. The molecule has 30 heavy (non-hydrogen) atoms. The second-order valence-electron chi connectivity index (χ2n) is 7.58. The summed E-state index contributed by atoms with van der Waals surface area (Å²) < 4.78 is 37.3. The number of methoxy groups -OCH3 is 1. The number of rotatable bonds is 5. The fraction of sp³-hybridized carbons (Fsp3) is 0.667. The fourth-order valence-corrected chi connectivity index (χ4v) is 5.71. The van der Waals surface area contributed by atoms with Gasteiger partial charge in [0.15, 0.2) is 17.4 Å². The van der Waals surface area contributed by atoms with Crippen LogP contribution in [0.25, 0.3) is 21.6 Å². The maximum atomic E-state index is 13.0. The Morgan fingerprint density at radius 1 is 1.50 bits per heavy atom. The number of aromatic nitrogens is 4. The molecule has 2 aromatic rings. The molecule has 3 fully saturated rings. The Bertz CT molecular complexity index is 1100. The molecule has 15 heteroatoms. The Balaban J connectivity index is 1.56. The summed E-state index contributed by atoms with van der Waals surface area (Å²) in [5, 5.41) is 6.89. The molecule has 0 radical (unpaired) electrons. The molecular formula is C15H20N9O5P. The zero-order valence-corrected chi connectivity index (χ0v) is 17.1. The quantitative estimate of drug-likeness (QED) is 0.302. The van der Waals surface area contributed by atoms with Crippen molar-refractivity contribution in [3.8, 4) is 5.88 Å². The van der Waals surface area contributed by atoms with Gasteiger partial charge in [0.05, 0.1) is 20.0 Å². The molecule has 2 aromatic heterocycles. The summed E-state index contributed by atoms with van der Waals surface area (Å²) in [6.07, 6.45) is 0.971. The summed E-state index contributed by atoms with van der Waals surface area (Å²) in [5.41, 5.74) is 14.5. The predicted octanol–water partition coefficient (Wildman–Crippen LogP) is 1.66. The predicted molar refractivity (Wildman–Crippen MR) is 102 cm³/mol. The number of hydrogen-bond donors (Lipinski definition) is 2. The van der Waals surface area contributed by atoms with E-state index in [2.05, 4.69) is 30.1 Å². The standard InChI is InChI=1S/C15H20N9O5P/c1-15(22-23-17)10-8(5-27-30(25,29-10)21-7-3-4-7)28-13(15)24-6-18-9-11(24)19-14(16)20-12(9)26-2/h6-8,10,13H,3-5H2,1-2H3,(H,21,25)(H2,16,19,20)/t8-,10-,13-,15-,30?/m1/s1. The Labute approximate surface area is 170 Å². The average molecular weight is 437 g/mol. The minimum absolute atomic E-state index is 0.0141. The molecule has 3 aliphatic rings. The van der Waals surface area contributed by atoms with Gasteiger partial charge in [0.1, 0.15) is 17.7 Å². The number of nitrogen functional groups attached to an aromatic ring is 1. The van der Waals surface area contributed by atoms with Crippen LogP contribution in [0.1, 0.15) is 26.0 Å². The van der Waals surface area contributed by atoms with Crippen LogP contribution < -0.4 is 15.6 Å². The molecule has 0 amide bonds. The van der Waals surface area contributed by atoms with Gasteiger partial charge in [-0.05, 0) is 25.3 Å². The van der Waals surface area contributed by atoms with Crippen molar-refractivity contribution >= 4 is 24.9 Å². The molecule has 3 N–H and O–H groups in total. The van der Waals surface area contributed by atoms with Gasteiger partial charge in [-0.3, -0.25) is 13.6 Å². The second-order valence-corrected chi connectivity index (χ2v) is 9.30. The maximum Gasteiger partial charge on any atom is 0.406 e. The van der Waals surface area contributed by atoms with Crippen molar-refractivity contribution in [1.29, 1.82) is 0 Å². The topological polar surface area (TPSA) is 184 Å². The monoisotopic (exact) mass is 437 g/mol. The number of fused-ring (bicyclic) bond motifs is 2. The van der Waals surface area contributed by atoms with Crippen molar-refractivity contribution in [3.63, 3.8) is 0 Å². The summed E-state index contributed by atoms with van der Waals surface area (Å²) in [6.45, 7) is 1.68. The number of anilines is 1. The van der Waals surface area contributed by atoms with Crippen LogP contribution in [0.3, 0.4) is 0 Å². The van der Waals surface area contributed by atoms with Crippen molar-refractivity contribution in [3.05, 3.63) is 16.8 Å². The van der Waals surface area contributed by atoms with Crippen molar-refractivity contribution in [2.45, 2.75) is 49.8 Å². The van der Waals surface area contributed by atoms with Gasteiger partial charge in [-0.2, -0.15) is 9.97 Å². The number of nitrogens with two attached hydrogens (primary N) is 1. The van der Waals surface area contributed by atoms with E-state index in [-0.39, 0.29) is 24.5 Å². The number of nitrogens with zero attached hydrogens (tertiary/aromatic N) is 7. The molecule has 14 nitrogen and oxygen atoms in total. The minimum Gasteiger partial charge on any atom is -0.479 e. The fourth-order valence-electron chi connectivity index (χ4n) is 3.82. The first kappa shape index (κ1) is 19.5. The van der Waals surface area contributed by atoms with Crippen LogP contribution in [0, 0.1) is 0 Å². The Hall–Kier alpha value is -2.47. The van der Waals surface area contributed by atoms with Crippen molar-refractivity contribution < 1.29 is 23.1 Å². The van der Waals surface area contributed by atoms with Crippen LogP contribution in [0.2, 0.25) is 0 Å². The molecule has 0 bridgehead atoms. The van der Waals surface area contributed by atoms with E-state index < -0.39 is 31.7 Å². The van der Waals surface area contributed by atoms with Crippen molar-refractivity contribution in [2.24, 2.45) is 5.11 Å². The lowest BCUT2D eigenvalue weighted by Crippen LogP contribution is -2.47. The highest BCUT2D eigenvalue weighted by Crippen LogP contribution is 2.58. The molecule has 2 saturated heterocycles. The van der Waals surface area contributed by atoms with E-state index in [4.69, 9.17) is 24.3 Å². The Morgan fingerprint density at radius 3 is 3.00 bits per heavy atom. The number of azide groups is 1. The van der Waals surface area contributed by atoms with Gasteiger partial charge in [0.2, 0.25) is 11.8 Å². The molecule has 0 spiro atoms. The molecular weight excluding hydrogens is 417 g/mol. The highest BCUT2D eigenvalue weighted by molar-refractivity contribution is 7.51. The molecule has 1 saturated carbocycles. The van der Waals surface area contributed by atoms with Gasteiger partial charge >= 0.3 is 7.75 Å². The normalized spacial score (nSPS) is 35.7. The molecule has 1 aliphatic carbocycles. The van der Waals surface area contributed by atoms with E-state index in [1.165, 1.54) is 13.4 Å². The summed E-state index contributed by atoms with van der Waals surface area (Å²) in [6, 6.07) is 0.0981. The van der Waals surface area contributed by atoms with Gasteiger partial charge in [-0.25, -0.2) is 14.6 Å². The smallest absolute Gasteiger partial charge is 0.406 e. The van der Waals surface area contributed by atoms with Crippen LogP contribution in [0.15, 0.2) is 11.4 Å². The SMILES string of the molecule is COc1nc(N)nc2c1ncn2[C@@H]1O[C@@H]2COP(=O)(NC3CC3)O[C@H]2[C@@]1(C)N=[N+]=[N-]. The number of nitrogens with one attached hydrogen (secondary N) is 1. The summed E-state index contributed by atoms with van der Waals surface area (Å²) in [7, 11) is -2.11. The largest absolute Gasteiger partial charge is 0.479 e. The Morgan fingerprint density at radius 2 is 2.30 bits per heavy atom. The molecule has 4 heterocycles. The first-order chi connectivity index (χ1) is 14.4. The van der Waals surface area contributed by atoms with Crippen molar-refractivity contribution in [1.82, 2.24) is 24.6 Å². The average Bonchev–Trinajstić information content (AvgIpc) is 3.35. The maximum absolute atomic E-state index is 13.0. The third kappa shape index (κ3) is 3.00. The van der Waals surface area contributed by atoms with Crippen LogP contribution in [-0.2, 0) is 18.3 Å². The molecule has 1 unspecified atom stereocenters. The third-order valence-electron chi connectivity index (χ3n) is 5.41. The van der Waals surface area contributed by atoms with Crippen molar-refractivity contribution in [2.75, 3.05) is 19.5 Å². The molecule has 5 rings (SSSR count). The molecule has 2 aliphatic heterocycles.